The molecule has 0 bridgehead atoms. The van der Waals surface area contributed by atoms with E-state index in [2.05, 4.69) is 17.7 Å². The summed E-state index contributed by atoms with van der Waals surface area (Å²) in [6.45, 7) is 2.42. The van der Waals surface area contributed by atoms with Gasteiger partial charge in [-0.3, -0.25) is 4.79 Å². The van der Waals surface area contributed by atoms with E-state index in [0.717, 1.165) is 23.2 Å². The van der Waals surface area contributed by atoms with Gasteiger partial charge in [0, 0.05) is 24.7 Å². The first-order valence-electron chi connectivity index (χ1n) is 11.0. The number of nitrogens with one attached hydrogen (secondary N) is 1. The van der Waals surface area contributed by atoms with Gasteiger partial charge in [-0.2, -0.15) is 0 Å². The molecule has 1 N–H and O–H groups in total. The molecule has 0 aromatic heterocycles. The number of para-hydroxylation sites is 1. The van der Waals surface area contributed by atoms with Crippen molar-refractivity contribution in [3.05, 3.63) is 95.6 Å². The predicted molar refractivity (Wildman–Crippen MR) is 127 cm³/mol. The Labute approximate surface area is 190 Å². The molecule has 0 radical (unpaired) electrons. The van der Waals surface area contributed by atoms with Crippen molar-refractivity contribution in [2.24, 2.45) is 0 Å². The maximum Gasteiger partial charge on any atom is 0.240 e. The zero-order chi connectivity index (χ0) is 22.6. The Bertz CT molecular complexity index is 1180. The molecule has 0 aliphatic carbocycles. The van der Waals surface area contributed by atoms with Crippen LogP contribution in [0.1, 0.15) is 30.0 Å². The van der Waals surface area contributed by atoms with E-state index in [9.17, 15) is 13.2 Å². The van der Waals surface area contributed by atoms with Crippen LogP contribution in [0.15, 0.2) is 83.8 Å². The second kappa shape index (κ2) is 9.67. The van der Waals surface area contributed by atoms with Gasteiger partial charge in [0.1, 0.15) is 0 Å². The average molecular weight is 449 g/mol. The minimum atomic E-state index is -3.56. The van der Waals surface area contributed by atoms with Gasteiger partial charge < -0.3 is 4.90 Å². The van der Waals surface area contributed by atoms with Gasteiger partial charge in [-0.1, -0.05) is 60.7 Å². The summed E-state index contributed by atoms with van der Waals surface area (Å²) in [7, 11) is -3.56. The second-order valence-corrected chi connectivity index (χ2v) is 9.99. The smallest absolute Gasteiger partial charge is 0.240 e. The van der Waals surface area contributed by atoms with E-state index in [1.807, 2.05) is 53.4 Å². The number of aryl methyl sites for hydroxylation is 1. The summed E-state index contributed by atoms with van der Waals surface area (Å²) in [6.07, 6.45) is 2.48. The Balaban J connectivity index is 1.32. The predicted octanol–water partition coefficient (Wildman–Crippen LogP) is 4.12. The number of benzene rings is 3. The summed E-state index contributed by atoms with van der Waals surface area (Å²) in [5, 5.41) is 0. The fourth-order valence-corrected chi connectivity index (χ4v) is 5.24. The summed E-state index contributed by atoms with van der Waals surface area (Å²) in [6, 6.07) is 24.8. The SMILES string of the molecule is CC1Cc2ccccc2N1C(=O)CCc1ccc(S(=O)(=O)NCCc2ccccc2)cc1. The molecule has 1 heterocycles. The topological polar surface area (TPSA) is 66.5 Å². The zero-order valence-electron chi connectivity index (χ0n) is 18.2. The van der Waals surface area contributed by atoms with Crippen LogP contribution in [-0.4, -0.2) is 26.9 Å². The van der Waals surface area contributed by atoms with Crippen LogP contribution in [0.25, 0.3) is 0 Å². The molecular weight excluding hydrogens is 420 g/mol. The van der Waals surface area contributed by atoms with Gasteiger partial charge >= 0.3 is 0 Å². The maximum absolute atomic E-state index is 12.9. The molecule has 32 heavy (non-hydrogen) atoms. The van der Waals surface area contributed by atoms with Crippen LogP contribution in [0.4, 0.5) is 5.69 Å². The highest BCUT2D eigenvalue weighted by atomic mass is 32.2. The van der Waals surface area contributed by atoms with Crippen LogP contribution in [0.2, 0.25) is 0 Å². The molecule has 1 amide bonds. The normalized spacial score (nSPS) is 15.5. The van der Waals surface area contributed by atoms with Crippen molar-refractivity contribution >= 4 is 21.6 Å². The van der Waals surface area contributed by atoms with Gasteiger partial charge in [0.2, 0.25) is 15.9 Å². The number of carbonyl (C=O) groups excluding carboxylic acids is 1. The van der Waals surface area contributed by atoms with E-state index in [1.165, 1.54) is 5.56 Å². The number of rotatable bonds is 8. The lowest BCUT2D eigenvalue weighted by Gasteiger charge is -2.22. The summed E-state index contributed by atoms with van der Waals surface area (Å²) in [5.41, 5.74) is 4.25. The molecule has 1 unspecified atom stereocenters. The molecule has 1 atom stereocenters. The Kier molecular flexibility index (Phi) is 6.72. The van der Waals surface area contributed by atoms with Gasteiger partial charge in [-0.25, -0.2) is 13.1 Å². The molecular formula is C26H28N2O3S. The Morgan fingerprint density at radius 1 is 0.906 bits per heavy atom. The highest BCUT2D eigenvalue weighted by molar-refractivity contribution is 7.89. The van der Waals surface area contributed by atoms with Crippen LogP contribution in [0.3, 0.4) is 0 Å². The lowest BCUT2D eigenvalue weighted by Crippen LogP contribution is -2.35. The van der Waals surface area contributed by atoms with E-state index in [-0.39, 0.29) is 16.8 Å². The van der Waals surface area contributed by atoms with E-state index >= 15 is 0 Å². The van der Waals surface area contributed by atoms with Crippen molar-refractivity contribution in [3.8, 4) is 0 Å². The molecule has 0 fully saturated rings. The van der Waals surface area contributed by atoms with Gasteiger partial charge in [-0.15, -0.1) is 0 Å². The average Bonchev–Trinajstić information content (AvgIpc) is 3.14. The summed E-state index contributed by atoms with van der Waals surface area (Å²) < 4.78 is 27.8. The van der Waals surface area contributed by atoms with Gasteiger partial charge in [0.05, 0.1) is 4.90 Å². The van der Waals surface area contributed by atoms with Crippen LogP contribution in [0, 0.1) is 0 Å². The minimum absolute atomic E-state index is 0.0988. The quantitative estimate of drug-likeness (QED) is 0.564. The molecule has 3 aromatic rings. The number of hydrogen-bond donors (Lipinski definition) is 1. The Morgan fingerprint density at radius 2 is 1.56 bits per heavy atom. The molecule has 6 heteroatoms. The summed E-state index contributed by atoms with van der Waals surface area (Å²) in [5.74, 6) is 0.0988. The first-order chi connectivity index (χ1) is 15.4. The fourth-order valence-electron chi connectivity index (χ4n) is 4.21. The number of hydrogen-bond acceptors (Lipinski definition) is 3. The maximum atomic E-state index is 12.9. The minimum Gasteiger partial charge on any atom is -0.309 e. The fraction of sp³-hybridized carbons (Fsp3) is 0.269. The van der Waals surface area contributed by atoms with Crippen LogP contribution in [-0.2, 0) is 34.1 Å². The van der Waals surface area contributed by atoms with E-state index < -0.39 is 10.0 Å². The number of fused-ring (bicyclic) bond motifs is 1. The van der Waals surface area contributed by atoms with Gasteiger partial charge in [-0.05, 0) is 61.1 Å². The van der Waals surface area contributed by atoms with E-state index in [1.54, 1.807) is 24.3 Å². The van der Waals surface area contributed by atoms with E-state index in [0.29, 0.717) is 25.8 Å². The third-order valence-electron chi connectivity index (χ3n) is 5.89. The molecule has 0 saturated carbocycles. The molecule has 1 aliphatic heterocycles. The summed E-state index contributed by atoms with van der Waals surface area (Å²) >= 11 is 0. The molecule has 1 aliphatic rings. The lowest BCUT2D eigenvalue weighted by molar-refractivity contribution is -0.118. The molecule has 5 nitrogen and oxygen atoms in total. The largest absolute Gasteiger partial charge is 0.309 e. The van der Waals surface area contributed by atoms with E-state index in [4.69, 9.17) is 0 Å². The number of sulfonamides is 1. The highest BCUT2D eigenvalue weighted by Gasteiger charge is 2.30. The lowest BCUT2D eigenvalue weighted by atomic mass is 10.1. The molecule has 166 valence electrons. The van der Waals surface area contributed by atoms with Crippen molar-refractivity contribution in [2.45, 2.75) is 43.5 Å². The Morgan fingerprint density at radius 3 is 2.31 bits per heavy atom. The highest BCUT2D eigenvalue weighted by Crippen LogP contribution is 2.32. The molecule has 4 rings (SSSR count). The van der Waals surface area contributed by atoms with Crippen molar-refractivity contribution in [1.29, 1.82) is 0 Å². The van der Waals surface area contributed by atoms with Crippen molar-refractivity contribution in [1.82, 2.24) is 4.72 Å². The first kappa shape index (κ1) is 22.2. The number of nitrogens with zero attached hydrogens (tertiary/aromatic N) is 1. The third kappa shape index (κ3) is 5.09. The molecule has 0 saturated heterocycles. The zero-order valence-corrected chi connectivity index (χ0v) is 19.0. The van der Waals surface area contributed by atoms with Crippen molar-refractivity contribution in [2.75, 3.05) is 11.4 Å². The Hall–Kier alpha value is -2.96. The second-order valence-electron chi connectivity index (χ2n) is 8.22. The van der Waals surface area contributed by atoms with Crippen LogP contribution < -0.4 is 9.62 Å². The molecule has 3 aromatic carbocycles. The standard InChI is InChI=1S/C26H28N2O3S/c1-20-19-23-9-5-6-10-25(23)28(20)26(29)16-13-22-11-14-24(15-12-22)32(30,31)27-18-17-21-7-3-2-4-8-21/h2-12,14-15,20,27H,13,16-19H2,1H3. The number of anilines is 1. The van der Waals surface area contributed by atoms with Gasteiger partial charge in [0.25, 0.3) is 0 Å². The summed E-state index contributed by atoms with van der Waals surface area (Å²) in [4.78, 5) is 15.0. The van der Waals surface area contributed by atoms with Crippen LogP contribution in [0.5, 0.6) is 0 Å². The van der Waals surface area contributed by atoms with Crippen LogP contribution >= 0.6 is 0 Å². The third-order valence-corrected chi connectivity index (χ3v) is 7.36. The number of carbonyl (C=O) groups is 1. The van der Waals surface area contributed by atoms with Crippen molar-refractivity contribution in [3.63, 3.8) is 0 Å². The molecule has 0 spiro atoms. The number of amides is 1. The van der Waals surface area contributed by atoms with Crippen molar-refractivity contribution < 1.29 is 13.2 Å². The monoisotopic (exact) mass is 448 g/mol. The van der Waals surface area contributed by atoms with Gasteiger partial charge in [0.15, 0.2) is 0 Å². The first-order valence-corrected chi connectivity index (χ1v) is 12.4.